The molecule has 1 saturated heterocycles. The van der Waals surface area contributed by atoms with E-state index in [1.165, 1.54) is 23.7 Å². The van der Waals surface area contributed by atoms with Crippen molar-refractivity contribution in [3.05, 3.63) is 55.7 Å². The largest absolute Gasteiger partial charge is 0.329 e. The molecule has 1 aromatic heterocycles. The molecule has 1 aliphatic heterocycles. The molecule has 0 aliphatic carbocycles. The van der Waals surface area contributed by atoms with Gasteiger partial charge in [-0.05, 0) is 25.5 Å². The highest BCUT2D eigenvalue weighted by Gasteiger charge is 2.24. The lowest BCUT2D eigenvalue weighted by atomic mass is 10.2. The minimum atomic E-state index is -4.02. The monoisotopic (exact) mass is 414 g/mol. The predicted molar refractivity (Wildman–Crippen MR) is 103 cm³/mol. The molecule has 0 bridgehead atoms. The van der Waals surface area contributed by atoms with Gasteiger partial charge >= 0.3 is 5.69 Å². The van der Waals surface area contributed by atoms with Gasteiger partial charge < -0.3 is 4.90 Å². The van der Waals surface area contributed by atoms with Gasteiger partial charge in [0.15, 0.2) is 0 Å². The molecule has 146 valence electrons. The normalized spacial score (nSPS) is 14.1. The molecule has 9 nitrogen and oxygen atoms in total. The van der Waals surface area contributed by atoms with E-state index in [1.807, 2.05) is 6.92 Å². The van der Waals surface area contributed by atoms with Crippen LogP contribution >= 0.6 is 11.6 Å². The van der Waals surface area contributed by atoms with Crippen LogP contribution in [0.3, 0.4) is 0 Å². The van der Waals surface area contributed by atoms with Gasteiger partial charge in [0.1, 0.15) is 16.7 Å². The Morgan fingerprint density at radius 1 is 1.22 bits per heavy atom. The summed E-state index contributed by atoms with van der Waals surface area (Å²) in [6.45, 7) is 2.45. The van der Waals surface area contributed by atoms with Crippen LogP contribution in [0.5, 0.6) is 0 Å². The zero-order valence-electron chi connectivity index (χ0n) is 14.7. The molecule has 3 rings (SSSR count). The van der Waals surface area contributed by atoms with Gasteiger partial charge in [-0.1, -0.05) is 29.3 Å². The minimum absolute atomic E-state index is 0.0475. The molecule has 3 N–H and O–H groups in total. The van der Waals surface area contributed by atoms with E-state index in [0.717, 1.165) is 12.0 Å². The topological polar surface area (TPSA) is 136 Å². The third-order valence-electron chi connectivity index (χ3n) is 3.93. The number of hydrogen-bond donors (Lipinski definition) is 3. The Kier molecular flexibility index (Phi) is 6.24. The molecule has 1 aromatic carbocycles. The van der Waals surface area contributed by atoms with E-state index in [9.17, 15) is 18.0 Å². The number of amidine groups is 1. The standard InChI is InChI=1S/C9H11ClN4O2.C7H8O3S/c1-13-8(14-4-2-3-5(14)11)6(10)7(15)12-9(13)16;1-6-2-4-7(5-3-6)11(8,9)10/h11H,2-4H2,1H3,(H,12,15,16);2-5H,1H3,(H,8,9,10). The van der Waals surface area contributed by atoms with Crippen LogP contribution in [0.4, 0.5) is 5.82 Å². The Labute approximate surface area is 160 Å². The van der Waals surface area contributed by atoms with Crippen molar-refractivity contribution in [3.63, 3.8) is 0 Å². The molecule has 1 aliphatic rings. The summed E-state index contributed by atoms with van der Waals surface area (Å²) in [5.74, 6) is 0.681. The number of nitrogens with zero attached hydrogens (tertiary/aromatic N) is 2. The highest BCUT2D eigenvalue weighted by Crippen LogP contribution is 2.24. The second-order valence-corrected chi connectivity index (χ2v) is 7.75. The summed E-state index contributed by atoms with van der Waals surface area (Å²) in [6, 6.07) is 5.99. The molecule has 27 heavy (non-hydrogen) atoms. The first-order valence-electron chi connectivity index (χ1n) is 7.90. The van der Waals surface area contributed by atoms with Gasteiger partial charge in [-0.15, -0.1) is 0 Å². The smallest absolute Gasteiger partial charge is 0.315 e. The first-order chi connectivity index (χ1) is 12.5. The zero-order chi connectivity index (χ0) is 20.4. The van der Waals surface area contributed by atoms with Gasteiger partial charge in [-0.25, -0.2) is 4.79 Å². The Morgan fingerprint density at radius 2 is 1.81 bits per heavy atom. The quantitative estimate of drug-likeness (QED) is 0.637. The van der Waals surface area contributed by atoms with Crippen LogP contribution in [-0.2, 0) is 17.2 Å². The summed E-state index contributed by atoms with van der Waals surface area (Å²) < 4.78 is 30.8. The average Bonchev–Trinajstić information content (AvgIpc) is 2.99. The third-order valence-corrected chi connectivity index (χ3v) is 5.14. The number of rotatable bonds is 2. The number of aryl methyl sites for hydroxylation is 1. The number of hydrogen-bond acceptors (Lipinski definition) is 5. The van der Waals surface area contributed by atoms with Crippen LogP contribution in [0.1, 0.15) is 18.4 Å². The number of benzene rings is 1. The Balaban J connectivity index is 0.000000208. The fourth-order valence-electron chi connectivity index (χ4n) is 2.50. The molecule has 0 saturated carbocycles. The maximum absolute atomic E-state index is 11.4. The first kappa shape index (κ1) is 20.9. The molecule has 0 unspecified atom stereocenters. The fourth-order valence-corrected chi connectivity index (χ4v) is 3.25. The maximum Gasteiger partial charge on any atom is 0.329 e. The molecule has 0 radical (unpaired) electrons. The third kappa shape index (κ3) is 4.85. The summed E-state index contributed by atoms with van der Waals surface area (Å²) in [5.41, 5.74) is -0.180. The molecule has 11 heteroatoms. The second kappa shape index (κ2) is 8.07. The Bertz CT molecular complexity index is 1040. The molecule has 0 atom stereocenters. The van der Waals surface area contributed by atoms with E-state index in [0.29, 0.717) is 24.6 Å². The van der Waals surface area contributed by atoms with Crippen molar-refractivity contribution in [2.75, 3.05) is 11.4 Å². The maximum atomic E-state index is 11.4. The van der Waals surface area contributed by atoms with E-state index >= 15 is 0 Å². The van der Waals surface area contributed by atoms with Crippen molar-refractivity contribution in [1.82, 2.24) is 9.55 Å². The van der Waals surface area contributed by atoms with E-state index < -0.39 is 21.4 Å². The lowest BCUT2D eigenvalue weighted by Gasteiger charge is -2.21. The van der Waals surface area contributed by atoms with Crippen molar-refractivity contribution in [2.45, 2.75) is 24.7 Å². The van der Waals surface area contributed by atoms with E-state index in [2.05, 4.69) is 4.98 Å². The van der Waals surface area contributed by atoms with Crippen LogP contribution < -0.4 is 16.1 Å². The van der Waals surface area contributed by atoms with Crippen molar-refractivity contribution in [1.29, 1.82) is 5.41 Å². The summed E-state index contributed by atoms with van der Waals surface area (Å²) in [6.07, 6.45) is 1.47. The second-order valence-electron chi connectivity index (χ2n) is 5.95. The number of halogens is 1. The van der Waals surface area contributed by atoms with Gasteiger partial charge in [-0.3, -0.25) is 24.3 Å². The van der Waals surface area contributed by atoms with Gasteiger partial charge in [0.25, 0.3) is 15.7 Å². The molecule has 0 amide bonds. The van der Waals surface area contributed by atoms with E-state index in [4.69, 9.17) is 21.6 Å². The van der Waals surface area contributed by atoms with Gasteiger partial charge in [-0.2, -0.15) is 8.42 Å². The number of anilines is 1. The van der Waals surface area contributed by atoms with Gasteiger partial charge in [0.2, 0.25) is 0 Å². The van der Waals surface area contributed by atoms with Gasteiger partial charge in [0, 0.05) is 20.0 Å². The molecule has 2 heterocycles. The Morgan fingerprint density at radius 3 is 2.30 bits per heavy atom. The van der Waals surface area contributed by atoms with Crippen molar-refractivity contribution in [3.8, 4) is 0 Å². The summed E-state index contributed by atoms with van der Waals surface area (Å²) >= 11 is 5.87. The highest BCUT2D eigenvalue weighted by molar-refractivity contribution is 7.85. The van der Waals surface area contributed by atoms with Gasteiger partial charge in [0.05, 0.1) is 4.90 Å². The van der Waals surface area contributed by atoms with Crippen molar-refractivity contribution in [2.24, 2.45) is 7.05 Å². The van der Waals surface area contributed by atoms with Crippen molar-refractivity contribution >= 4 is 33.4 Å². The predicted octanol–water partition coefficient (Wildman–Crippen LogP) is 1.55. The SMILES string of the molecule is Cc1ccc(S(=O)(=O)O)cc1.Cn1c(N2CCCC2=N)c(Cl)c(=O)[nH]c1=O. The number of aromatic nitrogens is 2. The molecular weight excluding hydrogens is 396 g/mol. The molecule has 1 fully saturated rings. The summed E-state index contributed by atoms with van der Waals surface area (Å²) in [5, 5.41) is 7.67. The minimum Gasteiger partial charge on any atom is -0.315 e. The first-order valence-corrected chi connectivity index (χ1v) is 9.72. The van der Waals surface area contributed by atoms with E-state index in [-0.39, 0.29) is 9.92 Å². The fraction of sp³-hybridized carbons (Fsp3) is 0.312. The number of aromatic amines is 1. The Hall–Kier alpha value is -2.43. The van der Waals surface area contributed by atoms with Crippen LogP contribution in [-0.4, -0.2) is 34.9 Å². The highest BCUT2D eigenvalue weighted by atomic mass is 35.5. The van der Waals surface area contributed by atoms with Crippen LogP contribution in [0.25, 0.3) is 0 Å². The van der Waals surface area contributed by atoms with E-state index in [1.54, 1.807) is 17.0 Å². The van der Waals surface area contributed by atoms with Crippen LogP contribution in [0, 0.1) is 12.3 Å². The molecule has 0 spiro atoms. The average molecular weight is 415 g/mol. The zero-order valence-corrected chi connectivity index (χ0v) is 16.3. The van der Waals surface area contributed by atoms with Crippen LogP contribution in [0.15, 0.2) is 38.8 Å². The lowest BCUT2D eigenvalue weighted by molar-refractivity contribution is 0.483. The molecule has 2 aromatic rings. The van der Waals surface area contributed by atoms with Crippen LogP contribution in [0.2, 0.25) is 5.02 Å². The number of nitrogens with one attached hydrogen (secondary N) is 2. The molecular formula is C16H19ClN4O5S. The number of H-pyrrole nitrogens is 1. The lowest BCUT2D eigenvalue weighted by Crippen LogP contribution is -2.36. The van der Waals surface area contributed by atoms with Crippen molar-refractivity contribution < 1.29 is 13.0 Å². The summed E-state index contributed by atoms with van der Waals surface area (Å²) in [7, 11) is -2.50. The summed E-state index contributed by atoms with van der Waals surface area (Å²) in [4.78, 5) is 26.4.